The maximum atomic E-state index is 10.9. The van der Waals surface area contributed by atoms with Gasteiger partial charge < -0.3 is 5.73 Å². The lowest BCUT2D eigenvalue weighted by atomic mass is 10.5. The van der Waals surface area contributed by atoms with Gasteiger partial charge >= 0.3 is 0 Å². The second kappa shape index (κ2) is 2.34. The summed E-state index contributed by atoms with van der Waals surface area (Å²) in [5.41, 5.74) is 5.16. The molecule has 1 heterocycles. The molecule has 10 heavy (non-hydrogen) atoms. The van der Waals surface area contributed by atoms with Gasteiger partial charge in [0.05, 0.1) is 11.1 Å². The van der Waals surface area contributed by atoms with Gasteiger partial charge in [0.2, 0.25) is 0 Å². The molecule has 0 amide bonds. The third-order valence-electron chi connectivity index (χ3n) is 1.15. The summed E-state index contributed by atoms with van der Waals surface area (Å²) in [6.07, 6.45) is 1.43. The Kier molecular flexibility index (Phi) is 1.67. The Labute approximate surface area is 63.1 Å². The number of nitrogens with zero attached hydrogens (tertiary/aromatic N) is 2. The molecule has 5 heteroatoms. The lowest BCUT2D eigenvalue weighted by Crippen LogP contribution is -2.22. The molecule has 54 valence electrons. The van der Waals surface area contributed by atoms with E-state index in [-0.39, 0.29) is 11.2 Å². The van der Waals surface area contributed by atoms with Crippen molar-refractivity contribution in [2.45, 2.75) is 4.90 Å². The van der Waals surface area contributed by atoms with Gasteiger partial charge in [-0.05, 0) is 0 Å². The number of hydrogen-bond acceptors (Lipinski definition) is 4. The number of hydrogen-bond donors (Lipinski definition) is 2. The van der Waals surface area contributed by atoms with E-state index in [0.717, 1.165) is 4.68 Å². The van der Waals surface area contributed by atoms with Crippen LogP contribution in [-0.2, 0) is 7.05 Å². The molecule has 0 aliphatic rings. The van der Waals surface area contributed by atoms with Crippen LogP contribution in [0.2, 0.25) is 0 Å². The van der Waals surface area contributed by atoms with Crippen LogP contribution in [-0.4, -0.2) is 9.78 Å². The van der Waals surface area contributed by atoms with Gasteiger partial charge in [0.25, 0.3) is 5.56 Å². The SMILES string of the molecule is Cn1ncc(S)c(N)c1=O. The highest BCUT2D eigenvalue weighted by Crippen LogP contribution is 2.06. The van der Waals surface area contributed by atoms with Gasteiger partial charge in [0.1, 0.15) is 5.69 Å². The third-order valence-corrected chi connectivity index (χ3v) is 1.51. The first kappa shape index (κ1) is 7.14. The fourth-order valence-electron chi connectivity index (χ4n) is 0.547. The van der Waals surface area contributed by atoms with E-state index in [1.165, 1.54) is 13.2 Å². The van der Waals surface area contributed by atoms with Crippen LogP contribution in [0.25, 0.3) is 0 Å². The number of aromatic nitrogens is 2. The van der Waals surface area contributed by atoms with Crippen LogP contribution < -0.4 is 11.3 Å². The van der Waals surface area contributed by atoms with Crippen LogP contribution >= 0.6 is 12.6 Å². The van der Waals surface area contributed by atoms with Crippen molar-refractivity contribution in [1.29, 1.82) is 0 Å². The lowest BCUT2D eigenvalue weighted by Gasteiger charge is -1.98. The largest absolute Gasteiger partial charge is 0.393 e. The molecule has 0 atom stereocenters. The Morgan fingerprint density at radius 2 is 2.40 bits per heavy atom. The summed E-state index contributed by atoms with van der Waals surface area (Å²) in [6.45, 7) is 0. The molecule has 0 aliphatic carbocycles. The monoisotopic (exact) mass is 157 g/mol. The summed E-state index contributed by atoms with van der Waals surface area (Å²) in [4.78, 5) is 11.3. The van der Waals surface area contributed by atoms with E-state index in [9.17, 15) is 4.79 Å². The minimum Gasteiger partial charge on any atom is -0.393 e. The Hall–Kier alpha value is -0.970. The minimum atomic E-state index is -0.312. The van der Waals surface area contributed by atoms with Crippen molar-refractivity contribution < 1.29 is 0 Å². The van der Waals surface area contributed by atoms with Crippen molar-refractivity contribution >= 4 is 18.3 Å². The molecule has 0 aliphatic heterocycles. The zero-order valence-electron chi connectivity index (χ0n) is 5.40. The van der Waals surface area contributed by atoms with Crippen molar-refractivity contribution in [1.82, 2.24) is 9.78 Å². The Morgan fingerprint density at radius 3 is 2.90 bits per heavy atom. The summed E-state index contributed by atoms with van der Waals surface area (Å²) in [7, 11) is 1.53. The maximum absolute atomic E-state index is 10.9. The van der Waals surface area contributed by atoms with E-state index in [1.807, 2.05) is 0 Å². The predicted octanol–water partition coefficient (Wildman–Crippen LogP) is -0.349. The molecular formula is C5H7N3OS. The first-order chi connectivity index (χ1) is 4.63. The van der Waals surface area contributed by atoms with Crippen molar-refractivity contribution in [3.63, 3.8) is 0 Å². The number of rotatable bonds is 0. The van der Waals surface area contributed by atoms with Crippen molar-refractivity contribution in [2.75, 3.05) is 5.73 Å². The van der Waals surface area contributed by atoms with E-state index < -0.39 is 0 Å². The van der Waals surface area contributed by atoms with Crippen LogP contribution in [0, 0.1) is 0 Å². The molecule has 1 aromatic rings. The van der Waals surface area contributed by atoms with E-state index in [4.69, 9.17) is 5.73 Å². The number of thiol groups is 1. The molecule has 0 aromatic carbocycles. The molecule has 2 N–H and O–H groups in total. The van der Waals surface area contributed by atoms with Crippen LogP contribution in [0.5, 0.6) is 0 Å². The maximum Gasteiger partial charge on any atom is 0.290 e. The highest BCUT2D eigenvalue weighted by molar-refractivity contribution is 7.80. The molecule has 1 rings (SSSR count). The van der Waals surface area contributed by atoms with Gasteiger partial charge in [-0.2, -0.15) is 5.10 Å². The van der Waals surface area contributed by atoms with E-state index in [0.29, 0.717) is 4.90 Å². The van der Waals surface area contributed by atoms with E-state index in [2.05, 4.69) is 17.7 Å². The molecular weight excluding hydrogens is 150 g/mol. The van der Waals surface area contributed by atoms with Crippen molar-refractivity contribution in [3.8, 4) is 0 Å². The predicted molar refractivity (Wildman–Crippen MR) is 41.1 cm³/mol. The van der Waals surface area contributed by atoms with Gasteiger partial charge in [-0.3, -0.25) is 4.79 Å². The first-order valence-corrected chi connectivity index (χ1v) is 3.08. The van der Waals surface area contributed by atoms with Crippen LogP contribution in [0.4, 0.5) is 5.69 Å². The van der Waals surface area contributed by atoms with Gasteiger partial charge in [-0.25, -0.2) is 4.68 Å². The van der Waals surface area contributed by atoms with Gasteiger partial charge in [0.15, 0.2) is 0 Å². The molecule has 0 radical (unpaired) electrons. The summed E-state index contributed by atoms with van der Waals surface area (Å²) in [6, 6.07) is 0. The van der Waals surface area contributed by atoms with Crippen LogP contribution in [0.15, 0.2) is 15.9 Å². The van der Waals surface area contributed by atoms with Crippen molar-refractivity contribution in [2.24, 2.45) is 7.05 Å². The number of anilines is 1. The Balaban J connectivity index is 3.50. The quantitative estimate of drug-likeness (QED) is 0.506. The van der Waals surface area contributed by atoms with E-state index in [1.54, 1.807) is 0 Å². The molecule has 0 saturated heterocycles. The summed E-state index contributed by atoms with van der Waals surface area (Å²) >= 11 is 3.91. The minimum absolute atomic E-state index is 0.140. The number of aryl methyl sites for hydroxylation is 1. The zero-order chi connectivity index (χ0) is 7.72. The Morgan fingerprint density at radius 1 is 1.80 bits per heavy atom. The third kappa shape index (κ3) is 0.995. The van der Waals surface area contributed by atoms with Crippen LogP contribution in [0.3, 0.4) is 0 Å². The second-order valence-electron chi connectivity index (χ2n) is 1.87. The highest BCUT2D eigenvalue weighted by Gasteiger charge is 2.00. The van der Waals surface area contributed by atoms with Crippen molar-refractivity contribution in [3.05, 3.63) is 16.6 Å². The summed E-state index contributed by atoms with van der Waals surface area (Å²) in [5, 5.41) is 3.69. The molecule has 0 fully saturated rings. The normalized spacial score (nSPS) is 9.80. The summed E-state index contributed by atoms with van der Waals surface area (Å²) in [5.74, 6) is 0. The Bertz CT molecular complexity index is 306. The summed E-state index contributed by atoms with van der Waals surface area (Å²) < 4.78 is 1.16. The highest BCUT2D eigenvalue weighted by atomic mass is 32.1. The molecule has 0 spiro atoms. The fraction of sp³-hybridized carbons (Fsp3) is 0.200. The second-order valence-corrected chi connectivity index (χ2v) is 2.35. The molecule has 0 bridgehead atoms. The molecule has 1 aromatic heterocycles. The van der Waals surface area contributed by atoms with E-state index >= 15 is 0 Å². The van der Waals surface area contributed by atoms with Gasteiger partial charge in [-0.15, -0.1) is 12.6 Å². The van der Waals surface area contributed by atoms with Gasteiger partial charge in [-0.1, -0.05) is 0 Å². The molecule has 0 saturated carbocycles. The standard InChI is InChI=1S/C5H7N3OS/c1-8-5(9)4(6)3(10)2-7-8/h2,10H,6H2,1H3. The smallest absolute Gasteiger partial charge is 0.290 e. The molecule has 4 nitrogen and oxygen atoms in total. The van der Waals surface area contributed by atoms with Crippen LogP contribution in [0.1, 0.15) is 0 Å². The average Bonchev–Trinajstić information content (AvgIpc) is 1.93. The molecule has 0 unspecified atom stereocenters. The first-order valence-electron chi connectivity index (χ1n) is 2.63. The number of nitrogen functional groups attached to an aromatic ring is 1. The van der Waals surface area contributed by atoms with Gasteiger partial charge in [0, 0.05) is 7.05 Å². The lowest BCUT2D eigenvalue weighted by molar-refractivity contribution is 0.700. The fourth-order valence-corrected chi connectivity index (χ4v) is 0.694. The topological polar surface area (TPSA) is 60.9 Å². The average molecular weight is 157 g/mol. The zero-order valence-corrected chi connectivity index (χ0v) is 6.30. The number of nitrogens with two attached hydrogens (primary N) is 1.